The monoisotopic (exact) mass is 370 g/mol. The number of rotatable bonds is 4. The largest absolute Gasteiger partial charge is 0.324 e. The van der Waals surface area contributed by atoms with Gasteiger partial charge >= 0.3 is 0 Å². The predicted molar refractivity (Wildman–Crippen MR) is 103 cm³/mol. The number of amides is 1. The molecule has 0 saturated carbocycles. The van der Waals surface area contributed by atoms with E-state index in [1.807, 2.05) is 30.5 Å². The van der Waals surface area contributed by atoms with Crippen molar-refractivity contribution in [1.82, 2.24) is 14.8 Å². The van der Waals surface area contributed by atoms with E-state index in [1.165, 1.54) is 17.5 Å². The molecule has 1 atom stereocenters. The number of nitrogens with zero attached hydrogens (tertiary/aromatic N) is 2. The summed E-state index contributed by atoms with van der Waals surface area (Å²) in [5.74, 6) is 0.588. The summed E-state index contributed by atoms with van der Waals surface area (Å²) >= 11 is 6.91. The lowest BCUT2D eigenvalue weighted by Crippen LogP contribution is -2.24. The van der Waals surface area contributed by atoms with E-state index in [2.05, 4.69) is 27.6 Å². The maximum Gasteiger partial charge on any atom is 0.247 e. The normalized spacial score (nSPS) is 14.3. The average molecular weight is 371 g/mol. The van der Waals surface area contributed by atoms with E-state index >= 15 is 0 Å². The fourth-order valence-corrected chi connectivity index (χ4v) is 4.26. The Hall–Kier alpha value is -2.25. The molecule has 2 N–H and O–H groups in total. The lowest BCUT2D eigenvalue weighted by atomic mass is 10.1. The van der Waals surface area contributed by atoms with Gasteiger partial charge in [0.1, 0.15) is 6.04 Å². The molecule has 1 aliphatic rings. The number of aryl methyl sites for hydroxylation is 2. The van der Waals surface area contributed by atoms with Gasteiger partial charge < -0.3 is 5.32 Å². The van der Waals surface area contributed by atoms with Crippen molar-refractivity contribution in [3.8, 4) is 10.7 Å². The van der Waals surface area contributed by atoms with Gasteiger partial charge in [0.15, 0.2) is 10.6 Å². The standard InChI is InChI=1S/C18H18N4OS2/c1-11(22-16(20-21-18(22)24)15-6-3-9-25-15)17(23)19-14-8-7-12-4-2-5-13(12)10-14/h3,6-11H,2,4-5H2,1H3,(H,19,23)(H,21,24)/t11-/m1/s1. The third-order valence-corrected chi connectivity index (χ3v) is 5.73. The summed E-state index contributed by atoms with van der Waals surface area (Å²) in [7, 11) is 0. The quantitative estimate of drug-likeness (QED) is 0.671. The fraction of sp³-hybridized carbons (Fsp3) is 0.278. The van der Waals surface area contributed by atoms with Gasteiger partial charge in [0.2, 0.25) is 5.91 Å². The van der Waals surface area contributed by atoms with Crippen LogP contribution in [0.1, 0.15) is 30.5 Å². The van der Waals surface area contributed by atoms with E-state index in [9.17, 15) is 4.79 Å². The molecule has 4 rings (SSSR count). The number of carbonyl (C=O) groups excluding carboxylic acids is 1. The van der Waals surface area contributed by atoms with Crippen LogP contribution >= 0.6 is 23.6 Å². The van der Waals surface area contributed by atoms with Crippen LogP contribution in [0.25, 0.3) is 10.7 Å². The summed E-state index contributed by atoms with van der Waals surface area (Å²) < 4.78 is 2.21. The van der Waals surface area contributed by atoms with Gasteiger partial charge in [0, 0.05) is 5.69 Å². The number of hydrogen-bond donors (Lipinski definition) is 2. The van der Waals surface area contributed by atoms with Crippen molar-refractivity contribution in [1.29, 1.82) is 0 Å². The lowest BCUT2D eigenvalue weighted by molar-refractivity contribution is -0.118. The number of fused-ring (bicyclic) bond motifs is 1. The third-order valence-electron chi connectivity index (χ3n) is 4.58. The van der Waals surface area contributed by atoms with Gasteiger partial charge in [-0.3, -0.25) is 14.5 Å². The van der Waals surface area contributed by atoms with E-state index in [1.54, 1.807) is 15.9 Å². The lowest BCUT2D eigenvalue weighted by Gasteiger charge is -2.15. The molecule has 2 aromatic heterocycles. The maximum absolute atomic E-state index is 12.8. The van der Waals surface area contributed by atoms with Crippen molar-refractivity contribution in [2.24, 2.45) is 0 Å². The van der Waals surface area contributed by atoms with Gasteiger partial charge in [0.05, 0.1) is 4.88 Å². The maximum atomic E-state index is 12.8. The Morgan fingerprint density at radius 2 is 2.20 bits per heavy atom. The number of aromatic amines is 1. The molecule has 0 saturated heterocycles. The van der Waals surface area contributed by atoms with Gasteiger partial charge in [0.25, 0.3) is 0 Å². The number of thiophene rings is 1. The summed E-state index contributed by atoms with van der Waals surface area (Å²) in [5.41, 5.74) is 3.57. The Balaban J connectivity index is 1.59. The number of hydrogen-bond acceptors (Lipinski definition) is 4. The van der Waals surface area contributed by atoms with E-state index in [0.29, 0.717) is 10.6 Å². The van der Waals surface area contributed by atoms with Gasteiger partial charge in [-0.2, -0.15) is 5.10 Å². The van der Waals surface area contributed by atoms with Crippen LogP contribution in [0, 0.1) is 4.77 Å². The zero-order chi connectivity index (χ0) is 17.4. The number of benzene rings is 1. The smallest absolute Gasteiger partial charge is 0.247 e. The van der Waals surface area contributed by atoms with E-state index in [4.69, 9.17) is 12.2 Å². The molecular formula is C18H18N4OS2. The van der Waals surface area contributed by atoms with Crippen LogP contribution < -0.4 is 5.32 Å². The minimum atomic E-state index is -0.461. The molecule has 1 aromatic carbocycles. The van der Waals surface area contributed by atoms with Crippen LogP contribution in [0.5, 0.6) is 0 Å². The topological polar surface area (TPSA) is 62.7 Å². The molecular weight excluding hydrogens is 352 g/mol. The highest BCUT2D eigenvalue weighted by atomic mass is 32.1. The van der Waals surface area contributed by atoms with E-state index in [0.717, 1.165) is 23.4 Å². The Labute approximate surface area is 154 Å². The first-order valence-electron chi connectivity index (χ1n) is 8.27. The first-order valence-corrected chi connectivity index (χ1v) is 9.56. The first-order chi connectivity index (χ1) is 12.1. The molecule has 0 unspecified atom stereocenters. The highest BCUT2D eigenvalue weighted by molar-refractivity contribution is 7.71. The molecule has 1 amide bonds. The number of H-pyrrole nitrogens is 1. The van der Waals surface area contributed by atoms with Gasteiger partial charge in [-0.25, -0.2) is 0 Å². The summed E-state index contributed by atoms with van der Waals surface area (Å²) in [6, 6.07) is 9.64. The fourth-order valence-electron chi connectivity index (χ4n) is 3.26. The van der Waals surface area contributed by atoms with Gasteiger partial charge in [-0.05, 0) is 73.1 Å². The number of anilines is 1. The highest BCUT2D eigenvalue weighted by Crippen LogP contribution is 2.27. The Morgan fingerprint density at radius 1 is 1.36 bits per heavy atom. The second-order valence-electron chi connectivity index (χ2n) is 6.20. The Morgan fingerprint density at radius 3 is 3.00 bits per heavy atom. The molecule has 1 aliphatic carbocycles. The molecule has 2 heterocycles. The Kier molecular flexibility index (Phi) is 4.27. The second-order valence-corrected chi connectivity index (χ2v) is 7.54. The van der Waals surface area contributed by atoms with E-state index in [-0.39, 0.29) is 5.91 Å². The molecule has 25 heavy (non-hydrogen) atoms. The molecule has 0 aliphatic heterocycles. The summed E-state index contributed by atoms with van der Waals surface area (Å²) in [4.78, 5) is 13.7. The van der Waals surface area contributed by atoms with Crippen molar-refractivity contribution < 1.29 is 4.79 Å². The Bertz CT molecular complexity index is 971. The minimum Gasteiger partial charge on any atom is -0.324 e. The first kappa shape index (κ1) is 16.2. The average Bonchev–Trinajstić information content (AvgIpc) is 3.33. The molecule has 0 bridgehead atoms. The van der Waals surface area contributed by atoms with Crippen LogP contribution in [0.3, 0.4) is 0 Å². The molecule has 0 fully saturated rings. The van der Waals surface area contributed by atoms with Crippen LogP contribution in [0.15, 0.2) is 35.7 Å². The third kappa shape index (κ3) is 3.05. The molecule has 128 valence electrons. The van der Waals surface area contributed by atoms with Gasteiger partial charge in [-0.15, -0.1) is 11.3 Å². The van der Waals surface area contributed by atoms with Crippen molar-refractivity contribution >= 4 is 35.1 Å². The molecule has 3 aromatic rings. The van der Waals surface area contributed by atoms with Crippen molar-refractivity contribution in [3.63, 3.8) is 0 Å². The predicted octanol–water partition coefficient (Wildman–Crippen LogP) is 4.36. The van der Waals surface area contributed by atoms with Crippen LogP contribution in [-0.2, 0) is 17.6 Å². The van der Waals surface area contributed by atoms with Crippen LogP contribution in [-0.4, -0.2) is 20.7 Å². The van der Waals surface area contributed by atoms with Crippen molar-refractivity contribution in [2.75, 3.05) is 5.32 Å². The summed E-state index contributed by atoms with van der Waals surface area (Å²) in [6.45, 7) is 1.84. The second kappa shape index (κ2) is 6.57. The summed E-state index contributed by atoms with van der Waals surface area (Å²) in [5, 5.41) is 12.1. The van der Waals surface area contributed by atoms with Crippen molar-refractivity contribution in [2.45, 2.75) is 32.2 Å². The number of carbonyl (C=O) groups is 1. The van der Waals surface area contributed by atoms with Crippen LogP contribution in [0.2, 0.25) is 0 Å². The molecule has 0 spiro atoms. The molecule has 7 heteroatoms. The minimum absolute atomic E-state index is 0.103. The zero-order valence-corrected chi connectivity index (χ0v) is 15.4. The van der Waals surface area contributed by atoms with Crippen LogP contribution in [0.4, 0.5) is 5.69 Å². The SMILES string of the molecule is C[C@H](C(=O)Nc1ccc2c(c1)CCC2)n1c(-c2cccs2)n[nH]c1=S. The number of aromatic nitrogens is 3. The summed E-state index contributed by atoms with van der Waals surface area (Å²) in [6.07, 6.45) is 3.41. The van der Waals surface area contributed by atoms with Crippen molar-refractivity contribution in [3.05, 3.63) is 51.6 Å². The zero-order valence-electron chi connectivity index (χ0n) is 13.8. The number of nitrogens with one attached hydrogen (secondary N) is 2. The molecule has 5 nitrogen and oxygen atoms in total. The highest BCUT2D eigenvalue weighted by Gasteiger charge is 2.22. The van der Waals surface area contributed by atoms with Gasteiger partial charge in [-0.1, -0.05) is 12.1 Å². The van der Waals surface area contributed by atoms with E-state index < -0.39 is 6.04 Å². The molecule has 0 radical (unpaired) electrons.